The number of carbonyl (C=O) groups is 1. The van der Waals surface area contributed by atoms with Crippen molar-refractivity contribution >= 4 is 16.9 Å². The first-order chi connectivity index (χ1) is 15.0. The molecule has 0 fully saturated rings. The molecule has 0 saturated heterocycles. The molecule has 0 unspecified atom stereocenters. The SMILES string of the molecule is CCOC(=O)C1=C(N)Oc2c(c(=O)[nH]c3ccccc23)[C@@H]1c1cc(OC)ccc1OC. The number of benzene rings is 2. The lowest BCUT2D eigenvalue weighted by Crippen LogP contribution is -2.32. The van der Waals surface area contributed by atoms with Gasteiger partial charge in [-0.3, -0.25) is 4.79 Å². The lowest BCUT2D eigenvalue weighted by atomic mass is 9.82. The summed E-state index contributed by atoms with van der Waals surface area (Å²) in [4.78, 5) is 29.0. The second-order valence-corrected chi connectivity index (χ2v) is 6.88. The molecular weight excluding hydrogens is 400 g/mol. The first kappa shape index (κ1) is 20.3. The predicted molar refractivity (Wildman–Crippen MR) is 114 cm³/mol. The van der Waals surface area contributed by atoms with Gasteiger partial charge >= 0.3 is 5.97 Å². The van der Waals surface area contributed by atoms with Crippen LogP contribution in [0.1, 0.15) is 24.0 Å². The van der Waals surface area contributed by atoms with Gasteiger partial charge in [0.15, 0.2) is 0 Å². The number of hydrogen-bond donors (Lipinski definition) is 2. The van der Waals surface area contributed by atoms with E-state index < -0.39 is 17.4 Å². The van der Waals surface area contributed by atoms with Gasteiger partial charge in [0.2, 0.25) is 5.88 Å². The van der Waals surface area contributed by atoms with Crippen LogP contribution in [0.5, 0.6) is 17.2 Å². The Bertz CT molecular complexity index is 1260. The molecule has 160 valence electrons. The number of para-hydroxylation sites is 1. The minimum absolute atomic E-state index is 0.0293. The third kappa shape index (κ3) is 3.35. The Hall–Kier alpha value is -3.94. The Morgan fingerprint density at radius 1 is 1.16 bits per heavy atom. The number of carbonyl (C=O) groups excluding carboxylic acids is 1. The molecule has 2 aromatic carbocycles. The van der Waals surface area contributed by atoms with E-state index >= 15 is 0 Å². The number of pyridine rings is 1. The number of nitrogens with two attached hydrogens (primary N) is 1. The summed E-state index contributed by atoms with van der Waals surface area (Å²) in [5.41, 5.74) is 7.21. The lowest BCUT2D eigenvalue weighted by molar-refractivity contribution is -0.139. The Kier molecular flexibility index (Phi) is 5.29. The first-order valence-corrected chi connectivity index (χ1v) is 9.71. The summed E-state index contributed by atoms with van der Waals surface area (Å²) >= 11 is 0. The van der Waals surface area contributed by atoms with Gasteiger partial charge in [0.05, 0.1) is 37.8 Å². The zero-order valence-electron chi connectivity index (χ0n) is 17.4. The van der Waals surface area contributed by atoms with E-state index in [2.05, 4.69) is 4.98 Å². The van der Waals surface area contributed by atoms with Crippen LogP contribution in [-0.4, -0.2) is 31.8 Å². The summed E-state index contributed by atoms with van der Waals surface area (Å²) in [6, 6.07) is 12.3. The molecule has 3 aromatic rings. The van der Waals surface area contributed by atoms with Crippen molar-refractivity contribution in [2.24, 2.45) is 5.73 Å². The number of nitrogens with one attached hydrogen (secondary N) is 1. The predicted octanol–water partition coefficient (Wildman–Crippen LogP) is 2.80. The van der Waals surface area contributed by atoms with Gasteiger partial charge in [-0.2, -0.15) is 0 Å². The number of methoxy groups -OCH3 is 2. The maximum Gasteiger partial charge on any atom is 0.340 e. The average Bonchev–Trinajstić information content (AvgIpc) is 2.78. The fourth-order valence-corrected chi connectivity index (χ4v) is 3.85. The summed E-state index contributed by atoms with van der Waals surface area (Å²) < 4.78 is 22.0. The quantitative estimate of drug-likeness (QED) is 0.608. The number of ether oxygens (including phenoxy) is 4. The van der Waals surface area contributed by atoms with E-state index in [9.17, 15) is 9.59 Å². The Morgan fingerprint density at radius 2 is 1.94 bits per heavy atom. The molecule has 0 saturated carbocycles. The number of rotatable bonds is 5. The van der Waals surface area contributed by atoms with Crippen LogP contribution in [0.4, 0.5) is 0 Å². The third-order valence-corrected chi connectivity index (χ3v) is 5.21. The molecule has 0 spiro atoms. The first-order valence-electron chi connectivity index (χ1n) is 9.71. The van der Waals surface area contributed by atoms with Crippen molar-refractivity contribution in [3.05, 3.63) is 75.4 Å². The van der Waals surface area contributed by atoms with Gasteiger partial charge < -0.3 is 29.7 Å². The van der Waals surface area contributed by atoms with Crippen molar-refractivity contribution in [1.29, 1.82) is 0 Å². The molecule has 4 rings (SSSR count). The third-order valence-electron chi connectivity index (χ3n) is 5.21. The highest BCUT2D eigenvalue weighted by Crippen LogP contribution is 2.46. The monoisotopic (exact) mass is 422 g/mol. The van der Waals surface area contributed by atoms with Crippen LogP contribution in [0, 0.1) is 0 Å². The summed E-state index contributed by atoms with van der Waals surface area (Å²) in [5.74, 6) is -0.408. The molecule has 1 aromatic heterocycles. The van der Waals surface area contributed by atoms with E-state index in [0.29, 0.717) is 33.7 Å². The summed E-state index contributed by atoms with van der Waals surface area (Å²) in [6.45, 7) is 1.83. The van der Waals surface area contributed by atoms with Crippen molar-refractivity contribution in [2.45, 2.75) is 12.8 Å². The van der Waals surface area contributed by atoms with Gasteiger partial charge in [-0.05, 0) is 37.3 Å². The average molecular weight is 422 g/mol. The minimum atomic E-state index is -0.888. The van der Waals surface area contributed by atoms with Gasteiger partial charge in [0.25, 0.3) is 5.56 Å². The highest BCUT2D eigenvalue weighted by molar-refractivity contribution is 5.95. The number of H-pyrrole nitrogens is 1. The Balaban J connectivity index is 2.09. The van der Waals surface area contributed by atoms with Gasteiger partial charge in [0, 0.05) is 10.9 Å². The van der Waals surface area contributed by atoms with Gasteiger partial charge in [-0.1, -0.05) is 12.1 Å². The molecule has 8 nitrogen and oxygen atoms in total. The van der Waals surface area contributed by atoms with E-state index in [0.717, 1.165) is 0 Å². The molecule has 8 heteroatoms. The Labute approximate surface area is 178 Å². The van der Waals surface area contributed by atoms with E-state index in [1.165, 1.54) is 14.2 Å². The Morgan fingerprint density at radius 3 is 2.65 bits per heavy atom. The van der Waals surface area contributed by atoms with Crippen molar-refractivity contribution in [3.63, 3.8) is 0 Å². The lowest BCUT2D eigenvalue weighted by Gasteiger charge is -2.29. The minimum Gasteiger partial charge on any atom is -0.497 e. The van der Waals surface area contributed by atoms with Gasteiger partial charge in [0.1, 0.15) is 22.8 Å². The van der Waals surface area contributed by atoms with E-state index in [4.69, 9.17) is 24.7 Å². The van der Waals surface area contributed by atoms with Crippen LogP contribution in [0.25, 0.3) is 10.9 Å². The van der Waals surface area contributed by atoms with E-state index in [-0.39, 0.29) is 23.6 Å². The van der Waals surface area contributed by atoms with Crippen LogP contribution in [-0.2, 0) is 9.53 Å². The summed E-state index contributed by atoms with van der Waals surface area (Å²) in [6.07, 6.45) is 0. The maximum absolute atomic E-state index is 13.2. The van der Waals surface area contributed by atoms with Gasteiger partial charge in [-0.15, -0.1) is 0 Å². The van der Waals surface area contributed by atoms with Crippen molar-refractivity contribution < 1.29 is 23.7 Å². The molecule has 0 aliphatic carbocycles. The summed E-state index contributed by atoms with van der Waals surface area (Å²) in [7, 11) is 3.04. The molecule has 1 aliphatic rings. The molecule has 1 aliphatic heterocycles. The number of aromatic amines is 1. The van der Waals surface area contributed by atoms with Crippen LogP contribution in [0.3, 0.4) is 0 Å². The van der Waals surface area contributed by atoms with Crippen LogP contribution in [0.2, 0.25) is 0 Å². The van der Waals surface area contributed by atoms with Crippen molar-refractivity contribution in [1.82, 2.24) is 4.98 Å². The fraction of sp³-hybridized carbons (Fsp3) is 0.217. The highest BCUT2D eigenvalue weighted by atomic mass is 16.5. The highest BCUT2D eigenvalue weighted by Gasteiger charge is 2.40. The van der Waals surface area contributed by atoms with Crippen LogP contribution >= 0.6 is 0 Å². The molecule has 31 heavy (non-hydrogen) atoms. The normalized spacial score (nSPS) is 15.3. The van der Waals surface area contributed by atoms with Crippen molar-refractivity contribution in [3.8, 4) is 17.2 Å². The number of esters is 1. The van der Waals surface area contributed by atoms with Crippen molar-refractivity contribution in [2.75, 3.05) is 20.8 Å². The maximum atomic E-state index is 13.2. The number of hydrogen-bond acceptors (Lipinski definition) is 7. The van der Waals surface area contributed by atoms with Crippen LogP contribution < -0.4 is 25.5 Å². The molecule has 0 radical (unpaired) electrons. The van der Waals surface area contributed by atoms with E-state index in [1.807, 2.05) is 12.1 Å². The zero-order valence-corrected chi connectivity index (χ0v) is 17.4. The molecule has 0 amide bonds. The molecule has 2 heterocycles. The molecule has 3 N–H and O–H groups in total. The van der Waals surface area contributed by atoms with E-state index in [1.54, 1.807) is 37.3 Å². The fourth-order valence-electron chi connectivity index (χ4n) is 3.85. The van der Waals surface area contributed by atoms with Gasteiger partial charge in [-0.25, -0.2) is 4.79 Å². The second kappa shape index (κ2) is 8.06. The summed E-state index contributed by atoms with van der Waals surface area (Å²) in [5, 5.41) is 0.662. The second-order valence-electron chi connectivity index (χ2n) is 6.88. The molecule has 1 atom stereocenters. The van der Waals surface area contributed by atoms with Crippen LogP contribution in [0.15, 0.2) is 58.7 Å². The largest absolute Gasteiger partial charge is 0.497 e. The smallest absolute Gasteiger partial charge is 0.340 e. The zero-order chi connectivity index (χ0) is 22.1. The number of aromatic nitrogens is 1. The number of fused-ring (bicyclic) bond motifs is 3. The molecular formula is C23H22N2O6. The topological polar surface area (TPSA) is 113 Å². The molecule has 0 bridgehead atoms. The standard InChI is InChI=1S/C23H22N2O6/c1-4-30-23(27)19-17(14-11-12(28-2)9-10-16(14)29-3)18-20(31-21(19)24)13-7-5-6-8-15(13)25-22(18)26/h5-11,17H,4,24H2,1-3H3,(H,25,26)/t17-/m0/s1.